The van der Waals surface area contributed by atoms with Crippen molar-refractivity contribution >= 4 is 23.4 Å². The van der Waals surface area contributed by atoms with E-state index >= 15 is 0 Å². The zero-order valence-electron chi connectivity index (χ0n) is 11.3. The Morgan fingerprint density at radius 1 is 1.53 bits per heavy atom. The highest BCUT2D eigenvalue weighted by atomic mass is 35.5. The van der Waals surface area contributed by atoms with Crippen LogP contribution in [-0.4, -0.2) is 60.8 Å². The predicted molar refractivity (Wildman–Crippen MR) is 76.9 cm³/mol. The van der Waals surface area contributed by atoms with Crippen LogP contribution in [0.1, 0.15) is 6.92 Å². The molecule has 1 aliphatic heterocycles. The second kappa shape index (κ2) is 6.88. The van der Waals surface area contributed by atoms with Gasteiger partial charge in [0, 0.05) is 26.2 Å². The summed E-state index contributed by atoms with van der Waals surface area (Å²) in [7, 11) is 2.09. The quantitative estimate of drug-likeness (QED) is 0.850. The van der Waals surface area contributed by atoms with Crippen molar-refractivity contribution in [2.24, 2.45) is 0 Å². The summed E-state index contributed by atoms with van der Waals surface area (Å²) in [4.78, 5) is 10.7. The Labute approximate surface area is 118 Å². The van der Waals surface area contributed by atoms with E-state index in [1.54, 1.807) is 6.20 Å². The summed E-state index contributed by atoms with van der Waals surface area (Å²) in [6.45, 7) is 6.12. The van der Waals surface area contributed by atoms with Gasteiger partial charge in [0.25, 0.3) is 0 Å². The number of nitrogens with zero attached hydrogens (tertiary/aromatic N) is 3. The summed E-state index contributed by atoms with van der Waals surface area (Å²) in [6.07, 6.45) is 1.76. The van der Waals surface area contributed by atoms with E-state index in [4.69, 9.17) is 16.3 Å². The fourth-order valence-corrected chi connectivity index (χ4v) is 2.09. The smallest absolute Gasteiger partial charge is 0.224 e. The zero-order valence-corrected chi connectivity index (χ0v) is 12.1. The van der Waals surface area contributed by atoms with E-state index in [1.807, 2.05) is 6.92 Å². The van der Waals surface area contributed by atoms with Crippen molar-refractivity contribution in [3.8, 4) is 0 Å². The van der Waals surface area contributed by atoms with Gasteiger partial charge in [-0.25, -0.2) is 4.98 Å². The number of likely N-dealkylation sites (N-methyl/N-ethyl adjacent to an activating group) is 1. The topological polar surface area (TPSA) is 62.3 Å². The van der Waals surface area contributed by atoms with E-state index in [-0.39, 0.29) is 6.10 Å². The van der Waals surface area contributed by atoms with Crippen LogP contribution in [-0.2, 0) is 4.74 Å². The van der Waals surface area contributed by atoms with E-state index < -0.39 is 0 Å². The van der Waals surface area contributed by atoms with Gasteiger partial charge in [-0.15, -0.1) is 0 Å². The first-order chi connectivity index (χ1) is 9.19. The third-order valence-corrected chi connectivity index (χ3v) is 3.19. The van der Waals surface area contributed by atoms with E-state index in [0.717, 1.165) is 26.2 Å². The van der Waals surface area contributed by atoms with Crippen molar-refractivity contribution in [2.75, 3.05) is 50.5 Å². The van der Waals surface area contributed by atoms with E-state index in [9.17, 15) is 0 Å². The van der Waals surface area contributed by atoms with Crippen molar-refractivity contribution in [3.63, 3.8) is 0 Å². The van der Waals surface area contributed by atoms with Gasteiger partial charge >= 0.3 is 0 Å². The van der Waals surface area contributed by atoms with E-state index in [2.05, 4.69) is 32.5 Å². The SMILES string of the molecule is CCNc1ncc(Cl)c(NCC2CN(C)CCO2)n1. The van der Waals surface area contributed by atoms with Crippen LogP contribution in [0.15, 0.2) is 6.20 Å². The van der Waals surface area contributed by atoms with Gasteiger partial charge in [-0.05, 0) is 14.0 Å². The van der Waals surface area contributed by atoms with E-state index in [1.165, 1.54) is 0 Å². The molecule has 0 radical (unpaired) electrons. The number of rotatable bonds is 5. The number of aromatic nitrogens is 2. The van der Waals surface area contributed by atoms with Crippen LogP contribution >= 0.6 is 11.6 Å². The first-order valence-electron chi connectivity index (χ1n) is 6.49. The van der Waals surface area contributed by atoms with Crippen LogP contribution in [0.4, 0.5) is 11.8 Å². The summed E-state index contributed by atoms with van der Waals surface area (Å²) < 4.78 is 5.68. The summed E-state index contributed by atoms with van der Waals surface area (Å²) in [5.74, 6) is 1.22. The van der Waals surface area contributed by atoms with Gasteiger partial charge < -0.3 is 20.3 Å². The third kappa shape index (κ3) is 4.19. The molecule has 0 spiro atoms. The first kappa shape index (κ1) is 14.3. The predicted octanol–water partition coefficient (Wildman–Crippen LogP) is 1.30. The summed E-state index contributed by atoms with van der Waals surface area (Å²) in [5.41, 5.74) is 0. The monoisotopic (exact) mass is 285 g/mol. The third-order valence-electron chi connectivity index (χ3n) is 2.92. The molecule has 1 saturated heterocycles. The Bertz CT molecular complexity index is 417. The molecule has 0 aromatic carbocycles. The van der Waals surface area contributed by atoms with Crippen LogP contribution in [0.5, 0.6) is 0 Å². The minimum Gasteiger partial charge on any atom is -0.374 e. The fraction of sp³-hybridized carbons (Fsp3) is 0.667. The molecule has 2 rings (SSSR count). The largest absolute Gasteiger partial charge is 0.374 e. The lowest BCUT2D eigenvalue weighted by Gasteiger charge is -2.30. The van der Waals surface area contributed by atoms with Crippen LogP contribution < -0.4 is 10.6 Å². The van der Waals surface area contributed by atoms with Crippen molar-refractivity contribution < 1.29 is 4.74 Å². The summed E-state index contributed by atoms with van der Waals surface area (Å²) in [6, 6.07) is 0. The van der Waals surface area contributed by atoms with Crippen molar-refractivity contribution in [1.82, 2.24) is 14.9 Å². The van der Waals surface area contributed by atoms with Crippen LogP contribution in [0, 0.1) is 0 Å². The number of hydrogen-bond donors (Lipinski definition) is 2. The lowest BCUT2D eigenvalue weighted by Crippen LogP contribution is -2.43. The number of nitrogens with one attached hydrogen (secondary N) is 2. The number of halogens is 1. The lowest BCUT2D eigenvalue weighted by atomic mass is 10.3. The van der Waals surface area contributed by atoms with Gasteiger partial charge in [-0.1, -0.05) is 11.6 Å². The first-order valence-corrected chi connectivity index (χ1v) is 6.87. The van der Waals surface area contributed by atoms with Crippen LogP contribution in [0.3, 0.4) is 0 Å². The van der Waals surface area contributed by atoms with E-state index in [0.29, 0.717) is 23.3 Å². The second-order valence-electron chi connectivity index (χ2n) is 4.56. The number of hydrogen-bond acceptors (Lipinski definition) is 6. The minimum atomic E-state index is 0.160. The van der Waals surface area contributed by atoms with Crippen molar-refractivity contribution in [2.45, 2.75) is 13.0 Å². The molecule has 1 aliphatic rings. The molecular formula is C12H20ClN5O. The highest BCUT2D eigenvalue weighted by molar-refractivity contribution is 6.32. The number of ether oxygens (including phenoxy) is 1. The van der Waals surface area contributed by atoms with Gasteiger partial charge in [0.2, 0.25) is 5.95 Å². The van der Waals surface area contributed by atoms with Gasteiger partial charge in [-0.2, -0.15) is 4.98 Å². The molecule has 2 heterocycles. The van der Waals surface area contributed by atoms with Crippen molar-refractivity contribution in [3.05, 3.63) is 11.2 Å². The number of morpholine rings is 1. The van der Waals surface area contributed by atoms with Crippen LogP contribution in [0.2, 0.25) is 5.02 Å². The van der Waals surface area contributed by atoms with Gasteiger partial charge in [-0.3, -0.25) is 0 Å². The Morgan fingerprint density at radius 3 is 3.11 bits per heavy atom. The molecular weight excluding hydrogens is 266 g/mol. The maximum atomic E-state index is 6.08. The molecule has 1 unspecified atom stereocenters. The Kier molecular flexibility index (Phi) is 5.18. The maximum Gasteiger partial charge on any atom is 0.224 e. The maximum absolute atomic E-state index is 6.08. The molecule has 0 amide bonds. The summed E-state index contributed by atoms with van der Waals surface area (Å²) >= 11 is 6.08. The molecule has 19 heavy (non-hydrogen) atoms. The number of anilines is 2. The second-order valence-corrected chi connectivity index (χ2v) is 4.96. The van der Waals surface area contributed by atoms with Gasteiger partial charge in [0.1, 0.15) is 5.02 Å². The molecule has 1 atom stereocenters. The average Bonchev–Trinajstić information content (AvgIpc) is 2.40. The molecule has 7 heteroatoms. The fourth-order valence-electron chi connectivity index (χ4n) is 1.94. The molecule has 2 N–H and O–H groups in total. The summed E-state index contributed by atoms with van der Waals surface area (Å²) in [5, 5.41) is 6.81. The zero-order chi connectivity index (χ0) is 13.7. The van der Waals surface area contributed by atoms with Gasteiger partial charge in [0.15, 0.2) is 5.82 Å². The standard InChI is InChI=1S/C12H20ClN5O/c1-3-14-12-16-7-10(13)11(17-12)15-6-9-8-18(2)4-5-19-9/h7,9H,3-6,8H2,1-2H3,(H2,14,15,16,17). The normalized spacial score (nSPS) is 20.3. The molecule has 106 valence electrons. The molecule has 6 nitrogen and oxygen atoms in total. The highest BCUT2D eigenvalue weighted by Crippen LogP contribution is 2.19. The molecule has 0 aliphatic carbocycles. The lowest BCUT2D eigenvalue weighted by molar-refractivity contribution is -0.0117. The molecule has 0 saturated carbocycles. The minimum absolute atomic E-state index is 0.160. The average molecular weight is 286 g/mol. The Morgan fingerprint density at radius 2 is 2.37 bits per heavy atom. The van der Waals surface area contributed by atoms with Crippen LogP contribution in [0.25, 0.3) is 0 Å². The van der Waals surface area contributed by atoms with Gasteiger partial charge in [0.05, 0.1) is 18.9 Å². The molecule has 1 fully saturated rings. The highest BCUT2D eigenvalue weighted by Gasteiger charge is 2.18. The molecule has 0 bridgehead atoms. The molecule has 1 aromatic heterocycles. The Hall–Kier alpha value is -1.11. The molecule has 1 aromatic rings. The van der Waals surface area contributed by atoms with Crippen molar-refractivity contribution in [1.29, 1.82) is 0 Å². The Balaban J connectivity index is 1.92.